The first-order chi connectivity index (χ1) is 6.24. The summed E-state index contributed by atoms with van der Waals surface area (Å²) in [5.41, 5.74) is 3.48. The van der Waals surface area contributed by atoms with Crippen LogP contribution in [0.4, 0.5) is 0 Å². The minimum Gasteiger partial charge on any atom is -0.388 e. The fourth-order valence-corrected chi connectivity index (χ4v) is 1.14. The first-order valence-electron chi connectivity index (χ1n) is 4.02. The lowest BCUT2D eigenvalue weighted by Crippen LogP contribution is -1.94. The Morgan fingerprint density at radius 1 is 1.46 bits per heavy atom. The van der Waals surface area contributed by atoms with E-state index in [1.165, 1.54) is 0 Å². The van der Waals surface area contributed by atoms with Crippen molar-refractivity contribution in [2.75, 3.05) is 0 Å². The van der Waals surface area contributed by atoms with Crippen LogP contribution in [0.5, 0.6) is 0 Å². The van der Waals surface area contributed by atoms with E-state index in [1.54, 1.807) is 18.2 Å². The van der Waals surface area contributed by atoms with E-state index < -0.39 is 6.10 Å². The predicted molar refractivity (Wildman–Crippen MR) is 54.7 cm³/mol. The van der Waals surface area contributed by atoms with E-state index in [0.717, 1.165) is 5.56 Å². The largest absolute Gasteiger partial charge is 0.388 e. The number of benzene rings is 1. The van der Waals surface area contributed by atoms with Gasteiger partial charge in [0.05, 0.1) is 6.10 Å². The van der Waals surface area contributed by atoms with Crippen molar-refractivity contribution < 1.29 is 5.11 Å². The summed E-state index contributed by atoms with van der Waals surface area (Å²) in [7, 11) is 0. The number of aliphatic hydroxyl groups is 1. The van der Waals surface area contributed by atoms with Gasteiger partial charge in [0.2, 0.25) is 0 Å². The van der Waals surface area contributed by atoms with Crippen molar-refractivity contribution in [2.45, 2.75) is 12.5 Å². The zero-order valence-electron chi connectivity index (χ0n) is 7.20. The molecule has 0 fully saturated rings. The summed E-state index contributed by atoms with van der Waals surface area (Å²) in [4.78, 5) is 0. The van der Waals surface area contributed by atoms with Gasteiger partial charge in [-0.2, -0.15) is 0 Å². The summed E-state index contributed by atoms with van der Waals surface area (Å²) in [6, 6.07) is 7.14. The van der Waals surface area contributed by atoms with Crippen molar-refractivity contribution >= 4 is 11.6 Å². The highest BCUT2D eigenvalue weighted by molar-refractivity contribution is 6.30. The number of halogens is 1. The highest BCUT2D eigenvalue weighted by Gasteiger charge is 2.03. The van der Waals surface area contributed by atoms with E-state index in [9.17, 15) is 5.11 Å². The lowest BCUT2D eigenvalue weighted by Gasteiger charge is -2.07. The lowest BCUT2D eigenvalue weighted by molar-refractivity contribution is 0.181. The molecule has 2 heteroatoms. The van der Waals surface area contributed by atoms with Gasteiger partial charge in [0.25, 0.3) is 0 Å². The van der Waals surface area contributed by atoms with Gasteiger partial charge < -0.3 is 5.11 Å². The van der Waals surface area contributed by atoms with Crippen molar-refractivity contribution in [3.05, 3.63) is 53.2 Å². The maximum atomic E-state index is 9.60. The summed E-state index contributed by atoms with van der Waals surface area (Å²) in [6.45, 7) is 3.43. The van der Waals surface area contributed by atoms with Crippen LogP contribution in [0.2, 0.25) is 5.02 Å². The fraction of sp³-hybridized carbons (Fsp3) is 0.182. The normalized spacial score (nSPS) is 11.8. The summed E-state index contributed by atoms with van der Waals surface area (Å²) in [5, 5.41) is 10.3. The molecule has 0 aliphatic carbocycles. The van der Waals surface area contributed by atoms with Crippen molar-refractivity contribution in [3.63, 3.8) is 0 Å². The van der Waals surface area contributed by atoms with Gasteiger partial charge in [-0.25, -0.2) is 0 Å². The van der Waals surface area contributed by atoms with Gasteiger partial charge in [-0.05, 0) is 23.8 Å². The summed E-state index contributed by atoms with van der Waals surface area (Å²) in [6.07, 6.45) is 1.75. The summed E-state index contributed by atoms with van der Waals surface area (Å²) >= 11 is 5.71. The first kappa shape index (κ1) is 10.1. The smallest absolute Gasteiger partial charge is 0.0830 e. The van der Waals surface area contributed by atoms with Crippen molar-refractivity contribution in [2.24, 2.45) is 0 Å². The molecular formula is C11H11ClO. The number of hydrogen-bond acceptors (Lipinski definition) is 1. The zero-order valence-corrected chi connectivity index (χ0v) is 7.96. The molecule has 68 valence electrons. The second-order valence-electron chi connectivity index (χ2n) is 2.71. The highest BCUT2D eigenvalue weighted by Crippen LogP contribution is 2.18. The Morgan fingerprint density at radius 2 is 2.08 bits per heavy atom. The molecule has 0 bridgehead atoms. The monoisotopic (exact) mass is 194 g/mol. The molecule has 0 saturated carbocycles. The molecule has 0 aromatic heterocycles. The second-order valence-corrected chi connectivity index (χ2v) is 3.15. The number of aliphatic hydroxyl groups excluding tert-OH is 1. The molecule has 1 nitrogen and oxygen atoms in total. The van der Waals surface area contributed by atoms with Crippen LogP contribution in [0.3, 0.4) is 0 Å². The van der Waals surface area contributed by atoms with E-state index in [0.29, 0.717) is 11.4 Å². The van der Waals surface area contributed by atoms with Gasteiger partial charge in [-0.3, -0.25) is 0 Å². The molecule has 13 heavy (non-hydrogen) atoms. The van der Waals surface area contributed by atoms with Gasteiger partial charge >= 0.3 is 0 Å². The molecule has 1 N–H and O–H groups in total. The Hall–Kier alpha value is -1.01. The topological polar surface area (TPSA) is 20.2 Å². The third kappa shape index (κ3) is 3.08. The number of hydrogen-bond donors (Lipinski definition) is 1. The molecule has 0 aliphatic heterocycles. The van der Waals surface area contributed by atoms with E-state index in [2.05, 4.69) is 12.3 Å². The standard InChI is InChI=1S/C11H11ClO/c1-2-3-4-11(13)9-5-7-10(12)8-6-9/h3,5-8,11,13H,1,4H2. The van der Waals surface area contributed by atoms with Crippen LogP contribution in [-0.2, 0) is 0 Å². The Kier molecular flexibility index (Phi) is 3.78. The van der Waals surface area contributed by atoms with Crippen LogP contribution < -0.4 is 0 Å². The van der Waals surface area contributed by atoms with Crippen LogP contribution in [-0.4, -0.2) is 5.11 Å². The minimum absolute atomic E-state index is 0.494. The molecule has 0 spiro atoms. The van der Waals surface area contributed by atoms with E-state index in [1.807, 2.05) is 12.1 Å². The third-order valence-electron chi connectivity index (χ3n) is 1.74. The Labute approximate surface area is 83.0 Å². The molecule has 0 saturated heterocycles. The van der Waals surface area contributed by atoms with E-state index >= 15 is 0 Å². The molecule has 1 rings (SSSR count). The predicted octanol–water partition coefficient (Wildman–Crippen LogP) is 3.10. The summed E-state index contributed by atoms with van der Waals surface area (Å²) in [5.74, 6) is 0. The SMILES string of the molecule is C=C=CCC(O)c1ccc(Cl)cc1. The van der Waals surface area contributed by atoms with Crippen molar-refractivity contribution in [1.29, 1.82) is 0 Å². The fourth-order valence-electron chi connectivity index (χ4n) is 1.02. The van der Waals surface area contributed by atoms with Gasteiger partial charge in [-0.15, -0.1) is 5.73 Å². The van der Waals surface area contributed by atoms with Crippen LogP contribution in [0.1, 0.15) is 18.1 Å². The Balaban J connectivity index is 2.71. The molecule has 1 unspecified atom stereocenters. The molecule has 0 aliphatic rings. The zero-order chi connectivity index (χ0) is 9.68. The van der Waals surface area contributed by atoms with Gasteiger partial charge in [0.1, 0.15) is 0 Å². The molecule has 1 atom stereocenters. The molecule has 1 aromatic carbocycles. The molecule has 0 radical (unpaired) electrons. The highest BCUT2D eigenvalue weighted by atomic mass is 35.5. The maximum absolute atomic E-state index is 9.60. The average Bonchev–Trinajstić information content (AvgIpc) is 2.15. The Bertz CT molecular complexity index is 309. The quantitative estimate of drug-likeness (QED) is 0.734. The first-order valence-corrected chi connectivity index (χ1v) is 4.39. The lowest BCUT2D eigenvalue weighted by atomic mass is 10.1. The van der Waals surface area contributed by atoms with Crippen LogP contribution in [0.15, 0.2) is 42.7 Å². The van der Waals surface area contributed by atoms with Gasteiger partial charge in [-0.1, -0.05) is 30.3 Å². The van der Waals surface area contributed by atoms with E-state index in [-0.39, 0.29) is 0 Å². The van der Waals surface area contributed by atoms with Crippen molar-refractivity contribution in [3.8, 4) is 0 Å². The Morgan fingerprint density at radius 3 is 2.62 bits per heavy atom. The minimum atomic E-state index is -0.494. The molecular weight excluding hydrogens is 184 g/mol. The molecule has 1 aromatic rings. The summed E-state index contributed by atoms with van der Waals surface area (Å²) < 4.78 is 0. The van der Waals surface area contributed by atoms with Crippen LogP contribution in [0, 0.1) is 0 Å². The van der Waals surface area contributed by atoms with Crippen molar-refractivity contribution in [1.82, 2.24) is 0 Å². The van der Waals surface area contributed by atoms with Gasteiger partial charge in [0.15, 0.2) is 0 Å². The molecule has 0 heterocycles. The maximum Gasteiger partial charge on any atom is 0.0830 e. The van der Waals surface area contributed by atoms with Crippen LogP contribution in [0.25, 0.3) is 0 Å². The second kappa shape index (κ2) is 4.88. The molecule has 0 amide bonds. The average molecular weight is 195 g/mol. The van der Waals surface area contributed by atoms with Gasteiger partial charge in [0, 0.05) is 11.4 Å². The van der Waals surface area contributed by atoms with E-state index in [4.69, 9.17) is 11.6 Å². The third-order valence-corrected chi connectivity index (χ3v) is 1.99. The van der Waals surface area contributed by atoms with Crippen LogP contribution >= 0.6 is 11.6 Å². The number of rotatable bonds is 3.